The zero-order chi connectivity index (χ0) is 20.2. The van der Waals surface area contributed by atoms with E-state index in [1.807, 2.05) is 0 Å². The molecule has 0 amide bonds. The molecule has 0 fully saturated rings. The molecule has 26 heavy (non-hydrogen) atoms. The lowest BCUT2D eigenvalue weighted by molar-refractivity contribution is -0.144. The maximum Gasteiger partial charge on any atom is 0.321 e. The molecule has 0 radical (unpaired) electrons. The van der Waals surface area contributed by atoms with Crippen LogP contribution in [0.25, 0.3) is 0 Å². The molecule has 0 spiro atoms. The Kier molecular flexibility index (Phi) is 21.0. The third kappa shape index (κ3) is 22.9. The number of hydrogen-bond acceptors (Lipinski definition) is 4. The Labute approximate surface area is 159 Å². The highest BCUT2D eigenvalue weighted by molar-refractivity contribution is 5.80. The zero-order valence-corrected chi connectivity index (χ0v) is 16.8. The van der Waals surface area contributed by atoms with Crippen LogP contribution in [0.15, 0.2) is 0 Å². The van der Waals surface area contributed by atoms with E-state index in [-0.39, 0.29) is 6.10 Å². The molecule has 2 atom stereocenters. The van der Waals surface area contributed by atoms with Crippen molar-refractivity contribution < 1.29 is 24.9 Å². The van der Waals surface area contributed by atoms with Crippen molar-refractivity contribution in [3.05, 3.63) is 0 Å². The Bertz CT molecular complexity index is 336. The molecule has 2 unspecified atom stereocenters. The minimum absolute atomic E-state index is 0.0255. The van der Waals surface area contributed by atoms with E-state index in [1.54, 1.807) is 0 Å². The van der Waals surface area contributed by atoms with E-state index in [0.29, 0.717) is 0 Å². The van der Waals surface area contributed by atoms with E-state index in [0.717, 1.165) is 12.8 Å². The molecular weight excluding hydrogens is 334 g/mol. The van der Waals surface area contributed by atoms with E-state index >= 15 is 0 Å². The largest absolute Gasteiger partial charge is 0.481 e. The third-order valence-electron chi connectivity index (χ3n) is 4.24. The molecular formula is C20H41NO5. The van der Waals surface area contributed by atoms with Gasteiger partial charge in [-0.1, -0.05) is 84.5 Å². The number of carboxylic acid groups (broad SMARTS) is 2. The van der Waals surface area contributed by atoms with Gasteiger partial charge in [0.1, 0.15) is 6.04 Å². The molecule has 0 heterocycles. The van der Waals surface area contributed by atoms with Crippen molar-refractivity contribution in [3.63, 3.8) is 0 Å². The Hall–Kier alpha value is -1.14. The number of rotatable bonds is 16. The fourth-order valence-electron chi connectivity index (χ4n) is 2.56. The van der Waals surface area contributed by atoms with E-state index in [2.05, 4.69) is 13.8 Å². The molecule has 0 aromatic carbocycles. The number of aliphatic carboxylic acids is 2. The van der Waals surface area contributed by atoms with Crippen LogP contribution < -0.4 is 5.73 Å². The molecule has 156 valence electrons. The first kappa shape index (κ1) is 27.1. The lowest BCUT2D eigenvalue weighted by Gasteiger charge is -2.09. The van der Waals surface area contributed by atoms with Crippen molar-refractivity contribution in [3.8, 4) is 0 Å². The van der Waals surface area contributed by atoms with Crippen LogP contribution in [-0.4, -0.2) is 39.4 Å². The maximum absolute atomic E-state index is 9.85. The molecule has 0 rings (SSSR count). The van der Waals surface area contributed by atoms with Crippen molar-refractivity contribution >= 4 is 11.9 Å². The van der Waals surface area contributed by atoms with Gasteiger partial charge < -0.3 is 21.1 Å². The maximum atomic E-state index is 9.85. The highest BCUT2D eigenvalue weighted by Gasteiger charge is 2.14. The van der Waals surface area contributed by atoms with E-state index in [4.69, 9.17) is 15.9 Å². The Morgan fingerprint density at radius 3 is 1.50 bits per heavy atom. The molecule has 0 aliphatic rings. The standard InChI is InChI=1S/C16H34O.C4H7NO4/c1-3-5-7-9-10-11-13-15-16(17)14-12-8-6-4-2;5-2(4(8)9)1-3(6)7/h16-17H,3-15H2,1-2H3;2H,1,5H2,(H,6,7)(H,8,9). The van der Waals surface area contributed by atoms with Gasteiger partial charge in [-0.3, -0.25) is 9.59 Å². The van der Waals surface area contributed by atoms with Gasteiger partial charge in [-0.25, -0.2) is 0 Å². The molecule has 0 saturated carbocycles. The highest BCUT2D eigenvalue weighted by Crippen LogP contribution is 2.13. The number of carboxylic acids is 2. The summed E-state index contributed by atoms with van der Waals surface area (Å²) >= 11 is 0. The van der Waals surface area contributed by atoms with Crippen molar-refractivity contribution in [1.29, 1.82) is 0 Å². The summed E-state index contributed by atoms with van der Waals surface area (Å²) in [6, 6.07) is -1.29. The van der Waals surface area contributed by atoms with E-state index in [1.165, 1.54) is 70.6 Å². The van der Waals surface area contributed by atoms with Crippen LogP contribution in [-0.2, 0) is 9.59 Å². The summed E-state index contributed by atoms with van der Waals surface area (Å²) in [7, 11) is 0. The zero-order valence-electron chi connectivity index (χ0n) is 16.8. The third-order valence-corrected chi connectivity index (χ3v) is 4.24. The summed E-state index contributed by atoms with van der Waals surface area (Å²) in [5.41, 5.74) is 4.84. The summed E-state index contributed by atoms with van der Waals surface area (Å²) in [6.07, 6.45) is 16.0. The van der Waals surface area contributed by atoms with Gasteiger partial charge >= 0.3 is 11.9 Å². The van der Waals surface area contributed by atoms with Crippen LogP contribution in [0.3, 0.4) is 0 Å². The first-order valence-electron chi connectivity index (χ1n) is 10.2. The Morgan fingerprint density at radius 2 is 1.15 bits per heavy atom. The number of unbranched alkanes of at least 4 members (excludes halogenated alkanes) is 9. The normalized spacial score (nSPS) is 12.8. The summed E-state index contributed by atoms with van der Waals surface area (Å²) < 4.78 is 0. The minimum atomic E-state index is -1.29. The fraction of sp³-hybridized carbons (Fsp3) is 0.900. The molecule has 6 heteroatoms. The van der Waals surface area contributed by atoms with Crippen LogP contribution in [0.1, 0.15) is 104 Å². The second-order valence-electron chi connectivity index (χ2n) is 6.96. The molecule has 0 aromatic rings. The van der Waals surface area contributed by atoms with Crippen molar-refractivity contribution in [2.24, 2.45) is 5.73 Å². The number of nitrogens with two attached hydrogens (primary N) is 1. The number of aliphatic hydroxyl groups excluding tert-OH is 1. The average molecular weight is 376 g/mol. The fourth-order valence-corrected chi connectivity index (χ4v) is 2.56. The summed E-state index contributed by atoms with van der Waals surface area (Å²) in [5, 5.41) is 25.8. The molecule has 5 N–H and O–H groups in total. The van der Waals surface area contributed by atoms with Crippen LogP contribution in [0.2, 0.25) is 0 Å². The molecule has 0 saturated heterocycles. The van der Waals surface area contributed by atoms with Gasteiger partial charge in [0.15, 0.2) is 0 Å². The first-order chi connectivity index (χ1) is 12.3. The average Bonchev–Trinajstić information content (AvgIpc) is 2.58. The Morgan fingerprint density at radius 1 is 0.769 bits per heavy atom. The van der Waals surface area contributed by atoms with Gasteiger partial charge in [0, 0.05) is 0 Å². The first-order valence-corrected chi connectivity index (χ1v) is 10.2. The van der Waals surface area contributed by atoms with Gasteiger partial charge in [0.25, 0.3) is 0 Å². The number of carbonyl (C=O) groups is 2. The summed E-state index contributed by atoms with van der Waals surface area (Å²) in [5.74, 6) is -2.50. The topological polar surface area (TPSA) is 121 Å². The molecule has 0 aliphatic carbocycles. The van der Waals surface area contributed by atoms with Gasteiger partial charge in [-0.2, -0.15) is 0 Å². The molecule has 0 aliphatic heterocycles. The van der Waals surface area contributed by atoms with Crippen LogP contribution in [0.4, 0.5) is 0 Å². The molecule has 6 nitrogen and oxygen atoms in total. The predicted octanol–water partition coefficient (Wildman–Crippen LogP) is 4.33. The van der Waals surface area contributed by atoms with Crippen molar-refractivity contribution in [2.45, 2.75) is 116 Å². The minimum Gasteiger partial charge on any atom is -0.481 e. The smallest absolute Gasteiger partial charge is 0.321 e. The van der Waals surface area contributed by atoms with Crippen molar-refractivity contribution in [1.82, 2.24) is 0 Å². The van der Waals surface area contributed by atoms with Gasteiger partial charge in [0.05, 0.1) is 12.5 Å². The van der Waals surface area contributed by atoms with Crippen molar-refractivity contribution in [2.75, 3.05) is 0 Å². The summed E-state index contributed by atoms with van der Waals surface area (Å²) in [6.45, 7) is 4.49. The van der Waals surface area contributed by atoms with Gasteiger partial charge in [-0.05, 0) is 12.8 Å². The van der Waals surface area contributed by atoms with E-state index < -0.39 is 24.4 Å². The predicted molar refractivity (Wildman–Crippen MR) is 105 cm³/mol. The van der Waals surface area contributed by atoms with Gasteiger partial charge in [-0.15, -0.1) is 0 Å². The monoisotopic (exact) mass is 375 g/mol. The van der Waals surface area contributed by atoms with Gasteiger partial charge in [0.2, 0.25) is 0 Å². The number of hydrogen-bond donors (Lipinski definition) is 4. The van der Waals surface area contributed by atoms with Crippen LogP contribution >= 0.6 is 0 Å². The Balaban J connectivity index is 0. The molecule has 0 aromatic heterocycles. The highest BCUT2D eigenvalue weighted by atomic mass is 16.4. The quantitative estimate of drug-likeness (QED) is 0.298. The summed E-state index contributed by atoms with van der Waals surface area (Å²) in [4.78, 5) is 19.6. The van der Waals surface area contributed by atoms with Crippen LogP contribution in [0.5, 0.6) is 0 Å². The second kappa shape index (κ2) is 20.2. The lowest BCUT2D eigenvalue weighted by Crippen LogP contribution is -2.32. The SMILES string of the molecule is CCCCCCCCCC(O)CCCCCC.NC(CC(=O)O)C(=O)O. The van der Waals surface area contributed by atoms with E-state index in [9.17, 15) is 14.7 Å². The van der Waals surface area contributed by atoms with Crippen LogP contribution in [0, 0.1) is 0 Å². The second-order valence-corrected chi connectivity index (χ2v) is 6.96. The number of aliphatic hydroxyl groups is 1. The molecule has 0 bridgehead atoms. The lowest BCUT2D eigenvalue weighted by atomic mass is 10.0.